The van der Waals surface area contributed by atoms with Crippen LogP contribution < -0.4 is 0 Å². The number of hydrogen-bond acceptors (Lipinski definition) is 1. The second-order valence-electron chi connectivity index (χ2n) is 3.78. The molecule has 0 atom stereocenters. The number of rotatable bonds is 5. The summed E-state index contributed by atoms with van der Waals surface area (Å²) in [7, 11) is 0. The van der Waals surface area contributed by atoms with Crippen molar-refractivity contribution in [1.82, 2.24) is 0 Å². The molecular weight excluding hydrogens is 260 g/mol. The van der Waals surface area contributed by atoms with Crippen LogP contribution >= 0.6 is 11.3 Å². The van der Waals surface area contributed by atoms with Crippen LogP contribution in [0, 0.1) is 0 Å². The lowest BCUT2D eigenvalue weighted by atomic mass is 10.1. The van der Waals surface area contributed by atoms with E-state index in [0.717, 1.165) is 0 Å². The summed E-state index contributed by atoms with van der Waals surface area (Å²) in [4.78, 5) is 2.54. The third-order valence-electron chi connectivity index (χ3n) is 2.43. The Morgan fingerprint density at radius 2 is 1.70 bits per heavy atom. The average Bonchev–Trinajstić information content (AvgIpc) is 2.86. The summed E-state index contributed by atoms with van der Waals surface area (Å²) < 4.78 is 0. The minimum absolute atomic E-state index is 1.17. The Morgan fingerprint density at radius 3 is 2.20 bits per heavy atom. The van der Waals surface area contributed by atoms with Gasteiger partial charge in [0.1, 0.15) is 0 Å². The summed E-state index contributed by atoms with van der Waals surface area (Å²) in [6, 6.07) is 2.22. The molecule has 0 saturated carbocycles. The van der Waals surface area contributed by atoms with Gasteiger partial charge in [0, 0.05) is 9.75 Å². The van der Waals surface area contributed by atoms with Crippen molar-refractivity contribution in [1.29, 1.82) is 0 Å². The fourth-order valence-electron chi connectivity index (χ4n) is 1.60. The number of thiophene rings is 1. The van der Waals surface area contributed by atoms with Crippen LogP contribution in [-0.2, 0) is 0 Å². The zero-order chi connectivity index (χ0) is 15.4. The molecule has 0 unspecified atom stereocenters. The van der Waals surface area contributed by atoms with Crippen molar-refractivity contribution in [2.45, 2.75) is 34.6 Å². The van der Waals surface area contributed by atoms with Gasteiger partial charge in [-0.1, -0.05) is 63.0 Å². The molecule has 20 heavy (non-hydrogen) atoms. The second-order valence-corrected chi connectivity index (χ2v) is 4.87. The zero-order valence-electron chi connectivity index (χ0n) is 13.3. The van der Waals surface area contributed by atoms with E-state index >= 15 is 0 Å². The normalized spacial score (nSPS) is 12.2. The van der Waals surface area contributed by atoms with Gasteiger partial charge in [-0.05, 0) is 44.1 Å². The minimum Gasteiger partial charge on any atom is -0.135 e. The lowest BCUT2D eigenvalue weighted by molar-refractivity contribution is 1.50. The van der Waals surface area contributed by atoms with Gasteiger partial charge in [0.05, 0.1) is 0 Å². The second kappa shape index (κ2) is 11.2. The summed E-state index contributed by atoms with van der Waals surface area (Å²) in [6.45, 7) is 14.0. The van der Waals surface area contributed by atoms with Crippen molar-refractivity contribution in [3.05, 3.63) is 64.4 Å². The highest BCUT2D eigenvalue weighted by atomic mass is 32.1. The first-order valence-electron chi connectivity index (χ1n) is 7.11. The predicted molar refractivity (Wildman–Crippen MR) is 98.1 cm³/mol. The van der Waals surface area contributed by atoms with Gasteiger partial charge in [-0.25, -0.2) is 0 Å². The Hall–Kier alpha value is -1.60. The molecule has 1 rings (SSSR count). The van der Waals surface area contributed by atoms with Crippen molar-refractivity contribution in [2.75, 3.05) is 0 Å². The molecule has 1 heterocycles. The predicted octanol–water partition coefficient (Wildman–Crippen LogP) is 6.99. The van der Waals surface area contributed by atoms with Crippen molar-refractivity contribution < 1.29 is 0 Å². The van der Waals surface area contributed by atoms with E-state index in [1.165, 1.54) is 20.9 Å². The maximum Gasteiger partial charge on any atom is 0.0355 e. The molecule has 0 spiro atoms. The quantitative estimate of drug-likeness (QED) is 0.512. The van der Waals surface area contributed by atoms with Crippen LogP contribution in [0.3, 0.4) is 0 Å². The molecule has 1 heteroatoms. The Balaban J connectivity index is 0.00000172. The molecule has 1 aromatic rings. The number of hydrogen-bond donors (Lipinski definition) is 0. The average molecular weight is 286 g/mol. The van der Waals surface area contributed by atoms with E-state index in [1.54, 1.807) is 11.3 Å². The summed E-state index contributed by atoms with van der Waals surface area (Å²) >= 11 is 1.80. The standard InChI is InChI=1S/C17H20S.C2H6/c1-5-9-12-14(8-4)17-13-15(10-6-2)16(18-17)11-7-3;1-2/h5-13H,4H2,1-3H3;1-2H3/b9-5-,10-6-,11-7-,14-12+;. The van der Waals surface area contributed by atoms with Crippen LogP contribution in [0.25, 0.3) is 17.7 Å². The van der Waals surface area contributed by atoms with Gasteiger partial charge in [0.15, 0.2) is 0 Å². The summed E-state index contributed by atoms with van der Waals surface area (Å²) in [5.41, 5.74) is 2.43. The van der Waals surface area contributed by atoms with E-state index in [1.807, 2.05) is 52.8 Å². The lowest BCUT2D eigenvalue weighted by Gasteiger charge is -1.94. The van der Waals surface area contributed by atoms with Crippen molar-refractivity contribution in [3.63, 3.8) is 0 Å². The minimum atomic E-state index is 1.17. The molecule has 0 fully saturated rings. The van der Waals surface area contributed by atoms with Crippen LogP contribution in [-0.4, -0.2) is 0 Å². The molecule has 0 aromatic carbocycles. The fraction of sp³-hybridized carbons (Fsp3) is 0.263. The van der Waals surface area contributed by atoms with Crippen LogP contribution in [0.15, 0.2) is 49.1 Å². The highest BCUT2D eigenvalue weighted by Gasteiger charge is 2.06. The highest BCUT2D eigenvalue weighted by molar-refractivity contribution is 7.14. The molecule has 0 aliphatic heterocycles. The molecule has 0 aliphatic carbocycles. The SMILES string of the molecule is C=C/C(=C\C=C/C)c1cc(/C=C\C)c(/C=C\C)s1.CC. The molecule has 0 amide bonds. The van der Waals surface area contributed by atoms with Gasteiger partial charge in [-0.3, -0.25) is 0 Å². The van der Waals surface area contributed by atoms with Crippen LogP contribution in [0.1, 0.15) is 49.9 Å². The van der Waals surface area contributed by atoms with E-state index in [-0.39, 0.29) is 0 Å². The van der Waals surface area contributed by atoms with Crippen LogP contribution in [0.4, 0.5) is 0 Å². The van der Waals surface area contributed by atoms with Gasteiger partial charge in [0.25, 0.3) is 0 Å². The monoisotopic (exact) mass is 286 g/mol. The van der Waals surface area contributed by atoms with Crippen molar-refractivity contribution in [2.24, 2.45) is 0 Å². The van der Waals surface area contributed by atoms with Gasteiger partial charge < -0.3 is 0 Å². The van der Waals surface area contributed by atoms with Gasteiger partial charge in [-0.2, -0.15) is 0 Å². The zero-order valence-corrected chi connectivity index (χ0v) is 14.1. The lowest BCUT2D eigenvalue weighted by Crippen LogP contribution is -1.72. The van der Waals surface area contributed by atoms with E-state index < -0.39 is 0 Å². The van der Waals surface area contributed by atoms with Crippen LogP contribution in [0.2, 0.25) is 0 Å². The molecule has 0 saturated heterocycles. The topological polar surface area (TPSA) is 0 Å². The van der Waals surface area contributed by atoms with Gasteiger partial charge in [0.2, 0.25) is 0 Å². The largest absolute Gasteiger partial charge is 0.135 e. The molecule has 0 nitrogen and oxygen atoms in total. The molecule has 0 N–H and O–H groups in total. The van der Waals surface area contributed by atoms with Gasteiger partial charge in [-0.15, -0.1) is 11.3 Å². The Labute approximate surface area is 128 Å². The molecule has 1 aromatic heterocycles. The summed E-state index contributed by atoms with van der Waals surface area (Å²) in [5, 5.41) is 0. The third kappa shape index (κ3) is 5.58. The maximum atomic E-state index is 3.89. The Bertz CT molecular complexity index is 478. The Kier molecular flexibility index (Phi) is 10.3. The smallest absolute Gasteiger partial charge is 0.0355 e. The Morgan fingerprint density at radius 1 is 1.05 bits per heavy atom. The van der Waals surface area contributed by atoms with Crippen molar-refractivity contribution >= 4 is 29.1 Å². The molecule has 0 bridgehead atoms. The third-order valence-corrected chi connectivity index (χ3v) is 3.59. The van der Waals surface area contributed by atoms with Crippen LogP contribution in [0.5, 0.6) is 0 Å². The van der Waals surface area contributed by atoms with E-state index in [2.05, 4.69) is 43.0 Å². The molecular formula is C19H26S. The molecule has 0 radical (unpaired) electrons. The maximum absolute atomic E-state index is 3.89. The van der Waals surface area contributed by atoms with E-state index in [9.17, 15) is 0 Å². The molecule has 0 aliphatic rings. The first kappa shape index (κ1) is 18.4. The molecule has 108 valence electrons. The fourth-order valence-corrected chi connectivity index (χ4v) is 2.74. The van der Waals surface area contributed by atoms with E-state index in [0.29, 0.717) is 0 Å². The van der Waals surface area contributed by atoms with E-state index in [4.69, 9.17) is 0 Å². The number of allylic oxidation sites excluding steroid dienone is 7. The first-order valence-corrected chi connectivity index (χ1v) is 7.93. The first-order chi connectivity index (χ1) is 9.76. The summed E-state index contributed by atoms with van der Waals surface area (Å²) in [5.74, 6) is 0. The summed E-state index contributed by atoms with van der Waals surface area (Å²) in [6.07, 6.45) is 16.5. The van der Waals surface area contributed by atoms with Gasteiger partial charge >= 0.3 is 0 Å². The highest BCUT2D eigenvalue weighted by Crippen LogP contribution is 2.31. The van der Waals surface area contributed by atoms with Crippen molar-refractivity contribution in [3.8, 4) is 0 Å².